The number of rotatable bonds is 6. The molecular weight excluding hydrogens is 382 g/mol. The Kier molecular flexibility index (Phi) is 5.99. The van der Waals surface area contributed by atoms with Gasteiger partial charge in [-0.25, -0.2) is 4.98 Å². The molecule has 0 aliphatic heterocycles. The lowest BCUT2D eigenvalue weighted by Gasteiger charge is -2.22. The maximum absolute atomic E-state index is 13.3. The number of halogens is 1. The summed E-state index contributed by atoms with van der Waals surface area (Å²) in [5, 5.41) is 1.08. The smallest absolute Gasteiger partial charge is 0.261 e. The van der Waals surface area contributed by atoms with Crippen LogP contribution in [0.5, 0.6) is 5.75 Å². The highest BCUT2D eigenvalue weighted by molar-refractivity contribution is 7.22. The van der Waals surface area contributed by atoms with Crippen LogP contribution in [0.4, 0.5) is 5.13 Å². The van der Waals surface area contributed by atoms with E-state index < -0.39 is 0 Å². The van der Waals surface area contributed by atoms with Gasteiger partial charge in [0.25, 0.3) is 5.91 Å². The van der Waals surface area contributed by atoms with Crippen molar-refractivity contribution in [2.24, 2.45) is 0 Å². The molecule has 0 N–H and O–H groups in total. The fourth-order valence-corrected chi connectivity index (χ4v) is 4.04. The van der Waals surface area contributed by atoms with Gasteiger partial charge in [-0.1, -0.05) is 41.1 Å². The maximum Gasteiger partial charge on any atom is 0.261 e. The number of fused-ring (bicyclic) bond motifs is 1. The maximum atomic E-state index is 13.3. The number of carbonyl (C=O) groups excluding carboxylic acids is 1. The van der Waals surface area contributed by atoms with Crippen LogP contribution < -0.4 is 9.64 Å². The highest BCUT2D eigenvalue weighted by atomic mass is 35.5. The first-order valence-corrected chi connectivity index (χ1v) is 9.77. The standard InChI is InChI=1S/C20H22ClN3O2S/c1-13-9-10-16(26-4)17-18(13)27-20(22-17)24(12-11-23(2)3)19(25)14-7-5-6-8-15(14)21/h5-10H,11-12H2,1-4H3. The van der Waals surface area contributed by atoms with Crippen LogP contribution in [0.1, 0.15) is 15.9 Å². The Bertz CT molecular complexity index is 971. The molecule has 1 aromatic heterocycles. The van der Waals surface area contributed by atoms with E-state index in [1.165, 1.54) is 11.3 Å². The summed E-state index contributed by atoms with van der Waals surface area (Å²) in [6, 6.07) is 11.0. The Labute approximate surface area is 168 Å². The third-order valence-electron chi connectivity index (χ3n) is 4.26. The molecule has 0 bridgehead atoms. The Morgan fingerprint density at radius 3 is 2.59 bits per heavy atom. The SMILES string of the molecule is COc1ccc(C)c2sc(N(CCN(C)C)C(=O)c3ccccc3Cl)nc12. The third-order valence-corrected chi connectivity index (χ3v) is 5.81. The molecule has 0 spiro atoms. The van der Waals surface area contributed by atoms with Crippen LogP contribution in [0, 0.1) is 6.92 Å². The molecule has 3 rings (SSSR count). The van der Waals surface area contributed by atoms with Crippen LogP contribution in [-0.2, 0) is 0 Å². The molecule has 27 heavy (non-hydrogen) atoms. The molecule has 0 aliphatic carbocycles. The van der Waals surface area contributed by atoms with Crippen molar-refractivity contribution in [1.82, 2.24) is 9.88 Å². The second-order valence-corrected chi connectivity index (χ2v) is 7.88. The molecule has 2 aromatic carbocycles. The van der Waals surface area contributed by atoms with Gasteiger partial charge in [0, 0.05) is 13.1 Å². The highest BCUT2D eigenvalue weighted by Gasteiger charge is 2.24. The number of anilines is 1. The molecule has 1 heterocycles. The molecule has 5 nitrogen and oxygen atoms in total. The lowest BCUT2D eigenvalue weighted by atomic mass is 10.2. The van der Waals surface area contributed by atoms with E-state index in [2.05, 4.69) is 0 Å². The van der Waals surface area contributed by atoms with Crippen molar-refractivity contribution in [3.05, 3.63) is 52.5 Å². The number of thiazole rings is 1. The van der Waals surface area contributed by atoms with Crippen molar-refractivity contribution in [2.45, 2.75) is 6.92 Å². The lowest BCUT2D eigenvalue weighted by Crippen LogP contribution is -2.36. The number of nitrogens with zero attached hydrogens (tertiary/aromatic N) is 3. The number of ether oxygens (including phenoxy) is 1. The van der Waals surface area contributed by atoms with Crippen molar-refractivity contribution in [2.75, 3.05) is 39.2 Å². The molecule has 3 aromatic rings. The van der Waals surface area contributed by atoms with E-state index in [0.717, 1.165) is 15.8 Å². The average molecular weight is 404 g/mol. The number of likely N-dealkylation sites (N-methyl/N-ethyl adjacent to an activating group) is 1. The van der Waals surface area contributed by atoms with Crippen LogP contribution >= 0.6 is 22.9 Å². The highest BCUT2D eigenvalue weighted by Crippen LogP contribution is 2.37. The Hall–Kier alpha value is -2.15. The number of aryl methyl sites for hydroxylation is 1. The van der Waals surface area contributed by atoms with E-state index in [1.54, 1.807) is 24.1 Å². The molecular formula is C20H22ClN3O2S. The second kappa shape index (κ2) is 8.25. The molecule has 0 unspecified atom stereocenters. The number of aromatic nitrogens is 1. The minimum atomic E-state index is -0.155. The summed E-state index contributed by atoms with van der Waals surface area (Å²) in [4.78, 5) is 21.7. The molecule has 0 atom stereocenters. The minimum Gasteiger partial charge on any atom is -0.494 e. The van der Waals surface area contributed by atoms with Gasteiger partial charge in [-0.05, 0) is 44.8 Å². The summed E-state index contributed by atoms with van der Waals surface area (Å²) in [5.74, 6) is 0.550. The quantitative estimate of drug-likeness (QED) is 0.609. The second-order valence-electron chi connectivity index (χ2n) is 6.50. The average Bonchev–Trinajstić information content (AvgIpc) is 3.08. The van der Waals surface area contributed by atoms with Crippen LogP contribution in [0.15, 0.2) is 36.4 Å². The van der Waals surface area contributed by atoms with Gasteiger partial charge < -0.3 is 9.64 Å². The van der Waals surface area contributed by atoms with Crippen LogP contribution in [0.2, 0.25) is 5.02 Å². The van der Waals surface area contributed by atoms with E-state index >= 15 is 0 Å². The lowest BCUT2D eigenvalue weighted by molar-refractivity contribution is 0.0985. The van der Waals surface area contributed by atoms with Gasteiger partial charge in [-0.3, -0.25) is 9.69 Å². The van der Waals surface area contributed by atoms with Crippen molar-refractivity contribution < 1.29 is 9.53 Å². The number of benzene rings is 2. The Balaban J connectivity index is 2.08. The van der Waals surface area contributed by atoms with Gasteiger partial charge in [0.15, 0.2) is 5.13 Å². The first kappa shape index (κ1) is 19.6. The van der Waals surface area contributed by atoms with E-state index in [4.69, 9.17) is 21.3 Å². The number of hydrogen-bond donors (Lipinski definition) is 0. The van der Waals surface area contributed by atoms with Crippen molar-refractivity contribution in [1.29, 1.82) is 0 Å². The molecule has 142 valence electrons. The summed E-state index contributed by atoms with van der Waals surface area (Å²) in [7, 11) is 5.58. The van der Waals surface area contributed by atoms with E-state index in [9.17, 15) is 4.79 Å². The number of carbonyl (C=O) groups is 1. The normalized spacial score (nSPS) is 11.2. The first-order valence-electron chi connectivity index (χ1n) is 8.57. The number of amides is 1. The monoisotopic (exact) mass is 403 g/mol. The zero-order valence-electron chi connectivity index (χ0n) is 15.8. The molecule has 0 fully saturated rings. The van der Waals surface area contributed by atoms with Gasteiger partial charge >= 0.3 is 0 Å². The predicted molar refractivity (Wildman–Crippen MR) is 113 cm³/mol. The van der Waals surface area contributed by atoms with Crippen LogP contribution in [0.25, 0.3) is 10.2 Å². The molecule has 0 saturated heterocycles. The summed E-state index contributed by atoms with van der Waals surface area (Å²) >= 11 is 7.76. The number of methoxy groups -OCH3 is 1. The van der Waals surface area contributed by atoms with Crippen molar-refractivity contribution >= 4 is 44.2 Å². The predicted octanol–water partition coefficient (Wildman–Crippen LogP) is 4.48. The van der Waals surface area contributed by atoms with Crippen molar-refractivity contribution in [3.63, 3.8) is 0 Å². The molecule has 0 saturated carbocycles. The summed E-state index contributed by atoms with van der Waals surface area (Å²) in [5.41, 5.74) is 2.35. The largest absolute Gasteiger partial charge is 0.494 e. The molecule has 7 heteroatoms. The van der Waals surface area contributed by atoms with Gasteiger partial charge in [0.05, 0.1) is 22.4 Å². The molecule has 0 aliphatic rings. The summed E-state index contributed by atoms with van der Waals surface area (Å²) < 4.78 is 6.47. The summed E-state index contributed by atoms with van der Waals surface area (Å²) in [6.45, 7) is 3.25. The van der Waals surface area contributed by atoms with E-state index in [0.29, 0.717) is 34.6 Å². The topological polar surface area (TPSA) is 45.7 Å². The minimum absolute atomic E-state index is 0.155. The van der Waals surface area contributed by atoms with E-state index in [1.807, 2.05) is 50.2 Å². The Morgan fingerprint density at radius 2 is 1.93 bits per heavy atom. The van der Waals surface area contributed by atoms with Gasteiger partial charge in [0.1, 0.15) is 11.3 Å². The molecule has 0 radical (unpaired) electrons. The Morgan fingerprint density at radius 1 is 1.19 bits per heavy atom. The van der Waals surface area contributed by atoms with Gasteiger partial charge in [-0.15, -0.1) is 0 Å². The van der Waals surface area contributed by atoms with Crippen LogP contribution in [-0.4, -0.2) is 50.1 Å². The molecule has 1 amide bonds. The van der Waals surface area contributed by atoms with Gasteiger partial charge in [-0.2, -0.15) is 0 Å². The zero-order valence-corrected chi connectivity index (χ0v) is 17.4. The fourth-order valence-electron chi connectivity index (χ4n) is 2.74. The first-order chi connectivity index (χ1) is 12.9. The number of hydrogen-bond acceptors (Lipinski definition) is 5. The summed E-state index contributed by atoms with van der Waals surface area (Å²) in [6.07, 6.45) is 0. The third kappa shape index (κ3) is 4.08. The van der Waals surface area contributed by atoms with E-state index in [-0.39, 0.29) is 5.91 Å². The van der Waals surface area contributed by atoms with Crippen LogP contribution in [0.3, 0.4) is 0 Å². The van der Waals surface area contributed by atoms with Gasteiger partial charge in [0.2, 0.25) is 0 Å². The fraction of sp³-hybridized carbons (Fsp3) is 0.300. The zero-order chi connectivity index (χ0) is 19.6. The van der Waals surface area contributed by atoms with Crippen molar-refractivity contribution in [3.8, 4) is 5.75 Å².